The van der Waals surface area contributed by atoms with Crippen molar-refractivity contribution in [2.45, 2.75) is 33.6 Å². The van der Waals surface area contributed by atoms with Crippen LogP contribution in [0.3, 0.4) is 0 Å². The molecule has 0 unspecified atom stereocenters. The maximum absolute atomic E-state index is 12.2. The number of amides is 2. The molecule has 1 N–H and O–H groups in total. The minimum atomic E-state index is -0.0594. The minimum absolute atomic E-state index is 0.0594. The highest BCUT2D eigenvalue weighted by molar-refractivity contribution is 5.90. The van der Waals surface area contributed by atoms with Crippen LogP contribution in [0.5, 0.6) is 5.75 Å². The van der Waals surface area contributed by atoms with Crippen molar-refractivity contribution < 1.29 is 9.53 Å². The molecule has 1 aromatic rings. The Labute approximate surface area is 115 Å². The van der Waals surface area contributed by atoms with Gasteiger partial charge in [-0.05, 0) is 31.9 Å². The van der Waals surface area contributed by atoms with Crippen LogP contribution >= 0.6 is 0 Å². The lowest BCUT2D eigenvalue weighted by Gasteiger charge is -2.22. The molecule has 0 aliphatic heterocycles. The van der Waals surface area contributed by atoms with Crippen LogP contribution in [0.15, 0.2) is 24.3 Å². The van der Waals surface area contributed by atoms with Gasteiger partial charge in [0.1, 0.15) is 5.75 Å². The van der Waals surface area contributed by atoms with Gasteiger partial charge in [0.25, 0.3) is 0 Å². The molecule has 0 spiro atoms. The lowest BCUT2D eigenvalue weighted by Crippen LogP contribution is -2.36. The normalized spacial score (nSPS) is 10.1. The summed E-state index contributed by atoms with van der Waals surface area (Å²) in [6.45, 7) is 8.21. The molecule has 0 aliphatic rings. The first kappa shape index (κ1) is 15.3. The van der Waals surface area contributed by atoms with Gasteiger partial charge < -0.3 is 15.0 Å². The summed E-state index contributed by atoms with van der Waals surface area (Å²) in [5, 5.41) is 2.93. The molecular weight excluding hydrogens is 240 g/mol. The molecule has 1 aromatic carbocycles. The van der Waals surface area contributed by atoms with Crippen LogP contribution in [0.1, 0.15) is 33.6 Å². The molecule has 0 bridgehead atoms. The van der Waals surface area contributed by atoms with Gasteiger partial charge in [-0.1, -0.05) is 26.0 Å². The number of ether oxygens (including phenoxy) is 1. The molecule has 106 valence electrons. The lowest BCUT2D eigenvalue weighted by atomic mass is 10.3. The van der Waals surface area contributed by atoms with Crippen molar-refractivity contribution in [2.24, 2.45) is 0 Å². The Hall–Kier alpha value is -1.71. The first-order valence-electron chi connectivity index (χ1n) is 7.00. The van der Waals surface area contributed by atoms with E-state index in [1.165, 1.54) is 0 Å². The van der Waals surface area contributed by atoms with E-state index in [4.69, 9.17) is 4.74 Å². The Balaban J connectivity index is 2.74. The Bertz CT molecular complexity index is 387. The summed E-state index contributed by atoms with van der Waals surface area (Å²) in [5.74, 6) is 0.714. The molecule has 2 amide bonds. The van der Waals surface area contributed by atoms with Crippen LogP contribution in [0, 0.1) is 0 Å². The highest BCUT2D eigenvalue weighted by Crippen LogP contribution is 2.24. The van der Waals surface area contributed by atoms with E-state index < -0.39 is 0 Å². The van der Waals surface area contributed by atoms with E-state index in [9.17, 15) is 4.79 Å². The first-order valence-corrected chi connectivity index (χ1v) is 7.00. The van der Waals surface area contributed by atoms with E-state index in [0.29, 0.717) is 12.4 Å². The summed E-state index contributed by atoms with van der Waals surface area (Å²) in [6, 6.07) is 7.46. The summed E-state index contributed by atoms with van der Waals surface area (Å²) in [6.07, 6.45) is 1.92. The Morgan fingerprint density at radius 2 is 1.79 bits per heavy atom. The minimum Gasteiger partial charge on any atom is -0.492 e. The number of urea groups is 1. The summed E-state index contributed by atoms with van der Waals surface area (Å²) in [4.78, 5) is 14.0. The number of hydrogen-bond acceptors (Lipinski definition) is 2. The van der Waals surface area contributed by atoms with E-state index in [-0.39, 0.29) is 6.03 Å². The number of anilines is 1. The van der Waals surface area contributed by atoms with Crippen LogP contribution in [-0.4, -0.2) is 30.6 Å². The molecule has 0 saturated heterocycles. The molecule has 0 fully saturated rings. The van der Waals surface area contributed by atoms with Crippen molar-refractivity contribution in [3.05, 3.63) is 24.3 Å². The van der Waals surface area contributed by atoms with Crippen LogP contribution in [0.2, 0.25) is 0 Å². The van der Waals surface area contributed by atoms with E-state index in [1.54, 1.807) is 0 Å². The van der Waals surface area contributed by atoms with E-state index >= 15 is 0 Å². The number of nitrogens with one attached hydrogen (secondary N) is 1. The standard InChI is InChI=1S/C15H24N2O2/c1-4-11-17(12-5-2)15(18)16-13-9-7-8-10-14(13)19-6-3/h7-10H,4-6,11-12H2,1-3H3,(H,16,18). The highest BCUT2D eigenvalue weighted by atomic mass is 16.5. The average Bonchev–Trinajstić information content (AvgIpc) is 2.41. The molecule has 0 heterocycles. The van der Waals surface area contributed by atoms with Gasteiger partial charge in [0.2, 0.25) is 0 Å². The van der Waals surface area contributed by atoms with Crippen molar-refractivity contribution in [1.82, 2.24) is 4.90 Å². The monoisotopic (exact) mass is 264 g/mol. The number of carbonyl (C=O) groups is 1. The van der Waals surface area contributed by atoms with Crippen LogP contribution in [0.25, 0.3) is 0 Å². The number of nitrogens with zero attached hydrogens (tertiary/aromatic N) is 1. The van der Waals surface area contributed by atoms with E-state index in [1.807, 2.05) is 36.1 Å². The second-order valence-corrected chi connectivity index (χ2v) is 4.35. The van der Waals surface area contributed by atoms with Crippen LogP contribution in [-0.2, 0) is 0 Å². The number of hydrogen-bond donors (Lipinski definition) is 1. The fourth-order valence-electron chi connectivity index (χ4n) is 1.90. The predicted octanol–water partition coefficient (Wildman–Crippen LogP) is 3.74. The van der Waals surface area contributed by atoms with Gasteiger partial charge in [-0.25, -0.2) is 4.79 Å². The summed E-state index contributed by atoms with van der Waals surface area (Å²) >= 11 is 0. The van der Waals surface area contributed by atoms with Crippen LogP contribution < -0.4 is 10.1 Å². The van der Waals surface area contributed by atoms with Crippen molar-refractivity contribution in [2.75, 3.05) is 25.0 Å². The van der Waals surface area contributed by atoms with E-state index in [2.05, 4.69) is 19.2 Å². The molecule has 0 atom stereocenters. The SMILES string of the molecule is CCCN(CCC)C(=O)Nc1ccccc1OCC. The third-order valence-electron chi connectivity index (χ3n) is 2.70. The summed E-state index contributed by atoms with van der Waals surface area (Å²) < 4.78 is 5.50. The number of benzene rings is 1. The zero-order chi connectivity index (χ0) is 14.1. The molecule has 0 aromatic heterocycles. The molecule has 19 heavy (non-hydrogen) atoms. The van der Waals surface area contributed by atoms with Gasteiger partial charge in [0, 0.05) is 13.1 Å². The Morgan fingerprint density at radius 1 is 1.16 bits per heavy atom. The first-order chi connectivity index (χ1) is 9.22. The second kappa shape index (κ2) is 8.40. The van der Waals surface area contributed by atoms with Gasteiger partial charge in [-0.3, -0.25) is 0 Å². The zero-order valence-electron chi connectivity index (χ0n) is 12.1. The predicted molar refractivity (Wildman–Crippen MR) is 78.8 cm³/mol. The van der Waals surface area contributed by atoms with Gasteiger partial charge in [-0.2, -0.15) is 0 Å². The highest BCUT2D eigenvalue weighted by Gasteiger charge is 2.13. The fourth-order valence-corrected chi connectivity index (χ4v) is 1.90. The summed E-state index contributed by atoms with van der Waals surface area (Å²) in [5.41, 5.74) is 0.728. The molecule has 0 aliphatic carbocycles. The van der Waals surface area contributed by atoms with E-state index in [0.717, 1.165) is 31.6 Å². The van der Waals surface area contributed by atoms with Gasteiger partial charge >= 0.3 is 6.03 Å². The molecule has 4 heteroatoms. The quantitative estimate of drug-likeness (QED) is 0.815. The van der Waals surface area contributed by atoms with Crippen LogP contribution in [0.4, 0.5) is 10.5 Å². The molecule has 0 saturated carbocycles. The smallest absolute Gasteiger partial charge is 0.321 e. The Kier molecular flexibility index (Phi) is 6.79. The fraction of sp³-hybridized carbons (Fsp3) is 0.533. The lowest BCUT2D eigenvalue weighted by molar-refractivity contribution is 0.211. The number of para-hydroxylation sites is 2. The van der Waals surface area contributed by atoms with Crippen molar-refractivity contribution >= 4 is 11.7 Å². The molecule has 1 rings (SSSR count). The third kappa shape index (κ3) is 4.81. The second-order valence-electron chi connectivity index (χ2n) is 4.35. The Morgan fingerprint density at radius 3 is 2.37 bits per heavy atom. The van der Waals surface area contributed by atoms with Gasteiger partial charge in [0.05, 0.1) is 12.3 Å². The average molecular weight is 264 g/mol. The number of carbonyl (C=O) groups excluding carboxylic acids is 1. The van der Waals surface area contributed by atoms with Crippen molar-refractivity contribution in [3.8, 4) is 5.75 Å². The molecule has 4 nitrogen and oxygen atoms in total. The van der Waals surface area contributed by atoms with Crippen molar-refractivity contribution in [3.63, 3.8) is 0 Å². The zero-order valence-corrected chi connectivity index (χ0v) is 12.1. The maximum atomic E-state index is 12.2. The van der Waals surface area contributed by atoms with Crippen molar-refractivity contribution in [1.29, 1.82) is 0 Å². The third-order valence-corrected chi connectivity index (χ3v) is 2.70. The topological polar surface area (TPSA) is 41.6 Å². The summed E-state index contributed by atoms with van der Waals surface area (Å²) in [7, 11) is 0. The number of rotatable bonds is 7. The van der Waals surface area contributed by atoms with Gasteiger partial charge in [0.15, 0.2) is 0 Å². The van der Waals surface area contributed by atoms with Gasteiger partial charge in [-0.15, -0.1) is 0 Å². The maximum Gasteiger partial charge on any atom is 0.321 e. The molecule has 0 radical (unpaired) electrons. The molecular formula is C15H24N2O2. The largest absolute Gasteiger partial charge is 0.492 e.